The van der Waals surface area contributed by atoms with Gasteiger partial charge in [0.15, 0.2) is 22.7 Å². The van der Waals surface area contributed by atoms with Crippen molar-refractivity contribution < 1.29 is 27.8 Å². The van der Waals surface area contributed by atoms with Crippen molar-refractivity contribution in [2.24, 2.45) is 0 Å². The summed E-state index contributed by atoms with van der Waals surface area (Å²) < 4.78 is 32.3. The molecule has 2 aromatic heterocycles. The third-order valence-corrected chi connectivity index (χ3v) is 4.32. The van der Waals surface area contributed by atoms with Crippen molar-refractivity contribution in [2.45, 2.75) is 0 Å². The molecule has 0 spiro atoms. The van der Waals surface area contributed by atoms with Crippen LogP contribution in [0, 0.1) is 0 Å². The first-order valence-corrected chi connectivity index (χ1v) is 7.10. The molecule has 0 radical (unpaired) electrons. The number of benzene rings is 2. The maximum atomic E-state index is 12.5. The molecule has 8 heteroatoms. The molecule has 2 aromatic carbocycles. The Morgan fingerprint density at radius 3 is 1.58 bits per heavy atom. The first-order valence-electron chi connectivity index (χ1n) is 7.10. The zero-order valence-electron chi connectivity index (χ0n) is 11.8. The minimum atomic E-state index is -0.593. The Balaban J connectivity index is 2.01. The normalized spacial score (nSPS) is 15.2. The van der Waals surface area contributed by atoms with Gasteiger partial charge in [0, 0.05) is 10.8 Å². The van der Waals surface area contributed by atoms with Gasteiger partial charge in [-0.25, -0.2) is 9.59 Å². The van der Waals surface area contributed by atoms with E-state index in [0.717, 1.165) is 0 Å². The first-order chi connectivity index (χ1) is 11.7. The summed E-state index contributed by atoms with van der Waals surface area (Å²) in [5.74, 6) is 1.26. The fourth-order valence-corrected chi connectivity index (χ4v) is 3.33. The predicted molar refractivity (Wildman–Crippen MR) is 79.5 cm³/mol. The Kier molecular flexibility index (Phi) is 1.87. The van der Waals surface area contributed by atoms with Crippen molar-refractivity contribution in [1.29, 1.82) is 0 Å². The first kappa shape index (κ1) is 12.1. The van der Waals surface area contributed by atoms with Crippen LogP contribution in [-0.2, 0) is 0 Å². The van der Waals surface area contributed by atoms with E-state index in [0.29, 0.717) is 33.8 Å². The van der Waals surface area contributed by atoms with Crippen LogP contribution >= 0.6 is 0 Å². The van der Waals surface area contributed by atoms with E-state index in [9.17, 15) is 9.59 Å². The Bertz CT molecular complexity index is 1190. The molecule has 2 aliphatic rings. The third kappa shape index (κ3) is 1.22. The SMILES string of the molecule is O=c1oc2c3c(cc4c(=O)oc5c6c(cc1c5c24)OCO6)OCO3. The molecule has 0 fully saturated rings. The highest BCUT2D eigenvalue weighted by atomic mass is 16.7. The topological polar surface area (TPSA) is 97.3 Å². The van der Waals surface area contributed by atoms with Crippen LogP contribution in [0.5, 0.6) is 23.0 Å². The molecule has 24 heavy (non-hydrogen) atoms. The van der Waals surface area contributed by atoms with Crippen molar-refractivity contribution in [3.63, 3.8) is 0 Å². The van der Waals surface area contributed by atoms with Crippen LogP contribution in [0.1, 0.15) is 0 Å². The van der Waals surface area contributed by atoms with Gasteiger partial charge in [0.2, 0.25) is 25.1 Å². The molecular weight excluding hydrogens is 320 g/mol. The van der Waals surface area contributed by atoms with Gasteiger partial charge < -0.3 is 27.8 Å². The summed E-state index contributed by atoms with van der Waals surface area (Å²) in [6.45, 7) is -0.0304. The summed E-state index contributed by atoms with van der Waals surface area (Å²) in [5.41, 5.74) is -0.863. The van der Waals surface area contributed by atoms with Crippen LogP contribution in [0.4, 0.5) is 0 Å². The van der Waals surface area contributed by atoms with Gasteiger partial charge in [0.1, 0.15) is 0 Å². The Morgan fingerprint density at radius 2 is 1.12 bits per heavy atom. The fourth-order valence-electron chi connectivity index (χ4n) is 3.33. The third-order valence-electron chi connectivity index (χ3n) is 4.32. The lowest BCUT2D eigenvalue weighted by Crippen LogP contribution is -2.07. The van der Waals surface area contributed by atoms with E-state index < -0.39 is 11.3 Å². The second-order valence-electron chi connectivity index (χ2n) is 5.50. The molecule has 4 heterocycles. The number of rotatable bonds is 0. The standard InChI is InChI=1S/C16H6O8/c17-15-5-1-7-11(21-3-19-7)13-9(5)10-6(16(18)24-13)2-8-12(14(10)23-15)22-4-20-8/h1-2H,3-4H2. The lowest BCUT2D eigenvalue weighted by Gasteiger charge is -2.10. The molecule has 0 saturated heterocycles. The maximum absolute atomic E-state index is 12.5. The average molecular weight is 326 g/mol. The van der Waals surface area contributed by atoms with Crippen molar-refractivity contribution in [1.82, 2.24) is 0 Å². The van der Waals surface area contributed by atoms with E-state index in [1.54, 1.807) is 0 Å². The molecule has 0 unspecified atom stereocenters. The van der Waals surface area contributed by atoms with Gasteiger partial charge in [-0.05, 0) is 12.1 Å². The van der Waals surface area contributed by atoms with Crippen LogP contribution < -0.4 is 30.2 Å². The fraction of sp³-hybridized carbons (Fsp3) is 0.125. The molecule has 0 bridgehead atoms. The quantitative estimate of drug-likeness (QED) is 0.357. The lowest BCUT2D eigenvalue weighted by molar-refractivity contribution is 0.174. The monoisotopic (exact) mass is 326 g/mol. The van der Waals surface area contributed by atoms with Crippen molar-refractivity contribution in [2.75, 3.05) is 13.6 Å². The van der Waals surface area contributed by atoms with E-state index in [4.69, 9.17) is 27.8 Å². The molecule has 0 aliphatic carbocycles. The Hall–Kier alpha value is -3.42. The smallest absolute Gasteiger partial charge is 0.344 e. The van der Waals surface area contributed by atoms with E-state index in [1.807, 2.05) is 0 Å². The zero-order chi connectivity index (χ0) is 16.0. The molecule has 0 saturated carbocycles. The molecular formula is C16H6O8. The van der Waals surface area contributed by atoms with Crippen LogP contribution in [0.3, 0.4) is 0 Å². The Morgan fingerprint density at radius 1 is 0.667 bits per heavy atom. The molecule has 118 valence electrons. The highest BCUT2D eigenvalue weighted by molar-refractivity contribution is 6.22. The molecule has 8 nitrogen and oxygen atoms in total. The molecule has 0 N–H and O–H groups in total. The minimum absolute atomic E-state index is 0.0152. The Labute approximate surface area is 131 Å². The average Bonchev–Trinajstić information content (AvgIpc) is 3.22. The van der Waals surface area contributed by atoms with E-state index in [1.165, 1.54) is 12.1 Å². The lowest BCUT2D eigenvalue weighted by atomic mass is 10.0. The second-order valence-corrected chi connectivity index (χ2v) is 5.50. The molecule has 2 aliphatic heterocycles. The molecule has 6 rings (SSSR count). The summed E-state index contributed by atoms with van der Waals surface area (Å²) >= 11 is 0. The summed E-state index contributed by atoms with van der Waals surface area (Å²) in [6, 6.07) is 3.06. The highest BCUT2D eigenvalue weighted by Crippen LogP contribution is 2.48. The summed E-state index contributed by atoms with van der Waals surface area (Å²) in [7, 11) is 0. The van der Waals surface area contributed by atoms with Crippen LogP contribution in [0.25, 0.3) is 32.7 Å². The van der Waals surface area contributed by atoms with Crippen LogP contribution in [0.2, 0.25) is 0 Å². The van der Waals surface area contributed by atoms with Gasteiger partial charge in [-0.15, -0.1) is 0 Å². The van der Waals surface area contributed by atoms with E-state index in [-0.39, 0.29) is 35.5 Å². The van der Waals surface area contributed by atoms with Gasteiger partial charge >= 0.3 is 11.3 Å². The van der Waals surface area contributed by atoms with Gasteiger partial charge in [-0.2, -0.15) is 0 Å². The molecule has 0 amide bonds. The van der Waals surface area contributed by atoms with Crippen molar-refractivity contribution >= 4 is 32.7 Å². The van der Waals surface area contributed by atoms with E-state index in [2.05, 4.69) is 0 Å². The number of hydrogen-bond donors (Lipinski definition) is 0. The van der Waals surface area contributed by atoms with Gasteiger partial charge in [0.05, 0.1) is 10.8 Å². The van der Waals surface area contributed by atoms with Crippen molar-refractivity contribution in [3.8, 4) is 23.0 Å². The minimum Gasteiger partial charge on any atom is -0.453 e. The molecule has 4 aromatic rings. The largest absolute Gasteiger partial charge is 0.453 e. The number of fused-ring (bicyclic) bond motifs is 4. The summed E-state index contributed by atoms with van der Waals surface area (Å²) in [5, 5.41) is 1.38. The van der Waals surface area contributed by atoms with E-state index >= 15 is 0 Å². The zero-order valence-corrected chi connectivity index (χ0v) is 11.8. The number of hydrogen-bond acceptors (Lipinski definition) is 8. The van der Waals surface area contributed by atoms with Gasteiger partial charge in [0.25, 0.3) is 0 Å². The van der Waals surface area contributed by atoms with Crippen molar-refractivity contribution in [3.05, 3.63) is 33.0 Å². The van der Waals surface area contributed by atoms with Crippen LogP contribution in [0.15, 0.2) is 30.6 Å². The summed E-state index contributed by atoms with van der Waals surface area (Å²) in [6.07, 6.45) is 0. The second kappa shape index (κ2) is 3.73. The maximum Gasteiger partial charge on any atom is 0.344 e. The molecule has 0 atom stereocenters. The van der Waals surface area contributed by atoms with Gasteiger partial charge in [-0.3, -0.25) is 0 Å². The van der Waals surface area contributed by atoms with Gasteiger partial charge in [-0.1, -0.05) is 0 Å². The summed E-state index contributed by atoms with van der Waals surface area (Å²) in [4.78, 5) is 24.9. The number of ether oxygens (including phenoxy) is 4. The highest BCUT2D eigenvalue weighted by Gasteiger charge is 2.30. The predicted octanol–water partition coefficient (Wildman–Crippen LogP) is 1.95. The van der Waals surface area contributed by atoms with Crippen LogP contribution in [-0.4, -0.2) is 13.6 Å².